The van der Waals surface area contributed by atoms with Crippen molar-refractivity contribution < 1.29 is 14.3 Å². The molecule has 1 aromatic heterocycles. The molecule has 0 spiro atoms. The Hall–Kier alpha value is -3.54. The van der Waals surface area contributed by atoms with Gasteiger partial charge in [0.05, 0.1) is 4.92 Å². The molecule has 0 unspecified atom stereocenters. The summed E-state index contributed by atoms with van der Waals surface area (Å²) in [7, 11) is 0. The second-order valence-electron chi connectivity index (χ2n) is 7.98. The lowest BCUT2D eigenvalue weighted by Gasteiger charge is -2.07. The lowest BCUT2D eigenvalue weighted by molar-refractivity contribution is -0.684. The molecule has 0 saturated carbocycles. The third-order valence-corrected chi connectivity index (χ3v) is 5.22. The summed E-state index contributed by atoms with van der Waals surface area (Å²) in [6.07, 6.45) is 5.25. The van der Waals surface area contributed by atoms with Crippen LogP contribution in [-0.4, -0.2) is 17.4 Å². The third kappa shape index (κ3) is 6.74. The van der Waals surface area contributed by atoms with Crippen molar-refractivity contribution in [1.82, 2.24) is 5.32 Å². The smallest absolute Gasteiger partial charge is 0.285 e. The van der Waals surface area contributed by atoms with Gasteiger partial charge < -0.3 is 5.32 Å². The Balaban J connectivity index is 1.44. The Bertz CT molecular complexity index is 1010. The number of benzene rings is 2. The summed E-state index contributed by atoms with van der Waals surface area (Å²) in [5, 5.41) is 13.7. The first kappa shape index (κ1) is 22.2. The summed E-state index contributed by atoms with van der Waals surface area (Å²) in [5.41, 5.74) is 4.71. The molecule has 0 bridgehead atoms. The van der Waals surface area contributed by atoms with Crippen molar-refractivity contribution in [2.24, 2.45) is 0 Å². The number of nitro groups is 1. The van der Waals surface area contributed by atoms with Gasteiger partial charge in [0.2, 0.25) is 6.54 Å². The van der Waals surface area contributed by atoms with Crippen molar-refractivity contribution >= 4 is 11.6 Å². The molecule has 0 aliphatic rings. The highest BCUT2D eigenvalue weighted by Crippen LogP contribution is 2.15. The Morgan fingerprint density at radius 1 is 0.935 bits per heavy atom. The predicted octanol–water partition coefficient (Wildman–Crippen LogP) is 3.96. The maximum Gasteiger partial charge on any atom is 0.285 e. The van der Waals surface area contributed by atoms with Gasteiger partial charge in [-0.3, -0.25) is 14.9 Å². The number of pyridine rings is 1. The van der Waals surface area contributed by atoms with E-state index in [-0.39, 0.29) is 18.1 Å². The molecule has 0 aliphatic heterocycles. The van der Waals surface area contributed by atoms with Crippen LogP contribution < -0.4 is 9.88 Å². The average molecular weight is 419 g/mol. The number of rotatable bonds is 9. The van der Waals surface area contributed by atoms with E-state index in [1.807, 2.05) is 29.1 Å². The molecule has 0 fully saturated rings. The standard InChI is InChI=1S/C25H27N3O3/c1-19(2)23-7-3-20(4-8-23)11-14-26-25(29)18-27-15-12-22(13-16-27)17-21-5-9-24(10-6-21)28(30)31/h3-10,12-13,15-16,19H,11,14,17-18H2,1-2H3/p+1. The molecular formula is C25H28N3O3+. The van der Waals surface area contributed by atoms with Gasteiger partial charge in [-0.25, -0.2) is 0 Å². The summed E-state index contributed by atoms with van der Waals surface area (Å²) in [6, 6.07) is 19.0. The molecule has 160 valence electrons. The van der Waals surface area contributed by atoms with Crippen LogP contribution in [0.25, 0.3) is 0 Å². The van der Waals surface area contributed by atoms with Crippen LogP contribution in [-0.2, 0) is 24.2 Å². The summed E-state index contributed by atoms with van der Waals surface area (Å²) in [6.45, 7) is 5.23. The monoisotopic (exact) mass is 418 g/mol. The molecule has 0 radical (unpaired) electrons. The van der Waals surface area contributed by atoms with E-state index >= 15 is 0 Å². The Labute approximate surface area is 182 Å². The zero-order chi connectivity index (χ0) is 22.2. The lowest BCUT2D eigenvalue weighted by Crippen LogP contribution is -2.42. The van der Waals surface area contributed by atoms with Crippen molar-refractivity contribution in [3.63, 3.8) is 0 Å². The molecule has 3 aromatic rings. The predicted molar refractivity (Wildman–Crippen MR) is 120 cm³/mol. The van der Waals surface area contributed by atoms with E-state index in [9.17, 15) is 14.9 Å². The highest BCUT2D eigenvalue weighted by molar-refractivity contribution is 5.74. The normalized spacial score (nSPS) is 10.8. The van der Waals surface area contributed by atoms with E-state index in [2.05, 4.69) is 43.4 Å². The Morgan fingerprint density at radius 3 is 2.10 bits per heavy atom. The average Bonchev–Trinajstić information content (AvgIpc) is 2.76. The number of carbonyl (C=O) groups is 1. The van der Waals surface area contributed by atoms with Crippen LogP contribution in [0.15, 0.2) is 73.1 Å². The zero-order valence-electron chi connectivity index (χ0n) is 18.0. The maximum atomic E-state index is 12.2. The molecule has 6 nitrogen and oxygen atoms in total. The van der Waals surface area contributed by atoms with E-state index in [4.69, 9.17) is 0 Å². The fourth-order valence-corrected chi connectivity index (χ4v) is 3.32. The first-order valence-electron chi connectivity index (χ1n) is 10.5. The number of nitrogens with zero attached hydrogens (tertiary/aromatic N) is 2. The quantitative estimate of drug-likeness (QED) is 0.325. The van der Waals surface area contributed by atoms with Crippen LogP contribution in [0.1, 0.15) is 42.0 Å². The van der Waals surface area contributed by atoms with E-state index < -0.39 is 4.92 Å². The van der Waals surface area contributed by atoms with Crippen LogP contribution in [0.4, 0.5) is 5.69 Å². The maximum absolute atomic E-state index is 12.2. The fraction of sp³-hybridized carbons (Fsp3) is 0.280. The van der Waals surface area contributed by atoms with Crippen molar-refractivity contribution in [3.8, 4) is 0 Å². The molecule has 0 aliphatic carbocycles. The lowest BCUT2D eigenvalue weighted by atomic mass is 10.0. The molecule has 1 amide bonds. The minimum atomic E-state index is -0.400. The van der Waals surface area contributed by atoms with Gasteiger partial charge in [0, 0.05) is 30.8 Å². The molecule has 0 saturated heterocycles. The second kappa shape index (κ2) is 10.5. The first-order valence-corrected chi connectivity index (χ1v) is 10.5. The number of non-ortho nitro benzene ring substituents is 1. The number of hydrogen-bond acceptors (Lipinski definition) is 3. The van der Waals surface area contributed by atoms with Gasteiger partial charge in [-0.15, -0.1) is 0 Å². The molecular weight excluding hydrogens is 390 g/mol. The molecule has 1 heterocycles. The van der Waals surface area contributed by atoms with Crippen molar-refractivity contribution in [2.75, 3.05) is 6.54 Å². The van der Waals surface area contributed by atoms with Gasteiger partial charge in [0.15, 0.2) is 12.4 Å². The fourth-order valence-electron chi connectivity index (χ4n) is 3.32. The van der Waals surface area contributed by atoms with Crippen LogP contribution >= 0.6 is 0 Å². The van der Waals surface area contributed by atoms with E-state index in [1.165, 1.54) is 23.3 Å². The SMILES string of the molecule is CC(C)c1ccc(CCNC(=O)C[n+]2ccc(Cc3ccc([N+](=O)[O-])cc3)cc2)cc1. The van der Waals surface area contributed by atoms with Gasteiger partial charge in [-0.2, -0.15) is 4.57 Å². The number of amides is 1. The van der Waals surface area contributed by atoms with Crippen molar-refractivity contribution in [1.29, 1.82) is 0 Å². The Morgan fingerprint density at radius 2 is 1.52 bits per heavy atom. The molecule has 3 rings (SSSR count). The summed E-state index contributed by atoms with van der Waals surface area (Å²) in [5.74, 6) is 0.498. The molecule has 2 aromatic carbocycles. The molecule has 6 heteroatoms. The summed E-state index contributed by atoms with van der Waals surface area (Å²) >= 11 is 0. The Kier molecular flexibility index (Phi) is 7.49. The van der Waals surface area contributed by atoms with Gasteiger partial charge in [0.1, 0.15) is 0 Å². The van der Waals surface area contributed by atoms with Crippen molar-refractivity contribution in [2.45, 2.75) is 39.2 Å². The van der Waals surface area contributed by atoms with Crippen LogP contribution in [0.3, 0.4) is 0 Å². The van der Waals surface area contributed by atoms with Crippen LogP contribution in [0, 0.1) is 10.1 Å². The summed E-state index contributed by atoms with van der Waals surface area (Å²) in [4.78, 5) is 22.6. The number of carbonyl (C=O) groups excluding carboxylic acids is 1. The zero-order valence-corrected chi connectivity index (χ0v) is 18.0. The summed E-state index contributed by atoms with van der Waals surface area (Å²) < 4.78 is 1.84. The van der Waals surface area contributed by atoms with Crippen LogP contribution in [0.2, 0.25) is 0 Å². The topological polar surface area (TPSA) is 76.1 Å². The highest BCUT2D eigenvalue weighted by Gasteiger charge is 2.10. The van der Waals surface area contributed by atoms with Gasteiger partial charge in [-0.1, -0.05) is 50.2 Å². The first-order chi connectivity index (χ1) is 14.9. The number of aromatic nitrogens is 1. The third-order valence-electron chi connectivity index (χ3n) is 5.22. The van der Waals surface area contributed by atoms with Gasteiger partial charge in [0.25, 0.3) is 11.6 Å². The van der Waals surface area contributed by atoms with Crippen molar-refractivity contribution in [3.05, 3.63) is 105 Å². The molecule has 1 N–H and O–H groups in total. The number of hydrogen-bond donors (Lipinski definition) is 1. The highest BCUT2D eigenvalue weighted by atomic mass is 16.6. The minimum Gasteiger partial charge on any atom is -0.350 e. The van der Waals surface area contributed by atoms with E-state index in [0.29, 0.717) is 18.9 Å². The van der Waals surface area contributed by atoms with E-state index in [1.54, 1.807) is 12.1 Å². The molecule has 31 heavy (non-hydrogen) atoms. The number of nitrogens with one attached hydrogen (secondary N) is 1. The van der Waals surface area contributed by atoms with Crippen LogP contribution in [0.5, 0.6) is 0 Å². The van der Waals surface area contributed by atoms with E-state index in [0.717, 1.165) is 17.5 Å². The second-order valence-corrected chi connectivity index (χ2v) is 7.98. The molecule has 0 atom stereocenters. The minimum absolute atomic E-state index is 0.0214. The largest absolute Gasteiger partial charge is 0.350 e. The van der Waals surface area contributed by atoms with Gasteiger partial charge in [-0.05, 0) is 41.0 Å². The van der Waals surface area contributed by atoms with Gasteiger partial charge >= 0.3 is 0 Å². The number of nitro benzene ring substituents is 1.